The number of thiophene rings is 1. The number of anilines is 1. The van der Waals surface area contributed by atoms with Crippen molar-refractivity contribution < 1.29 is 0 Å². The van der Waals surface area contributed by atoms with Crippen LogP contribution < -0.4 is 10.2 Å². The van der Waals surface area contributed by atoms with Gasteiger partial charge in [-0.1, -0.05) is 15.9 Å². The van der Waals surface area contributed by atoms with Gasteiger partial charge in [-0.05, 0) is 63.8 Å². The van der Waals surface area contributed by atoms with E-state index in [9.17, 15) is 0 Å². The van der Waals surface area contributed by atoms with Crippen molar-refractivity contribution in [3.05, 3.63) is 49.0 Å². The van der Waals surface area contributed by atoms with Gasteiger partial charge in [-0.25, -0.2) is 0 Å². The molecule has 0 radical (unpaired) electrons. The maximum absolute atomic E-state index is 3.53. The van der Waals surface area contributed by atoms with Gasteiger partial charge in [0.1, 0.15) is 0 Å². The van der Waals surface area contributed by atoms with Gasteiger partial charge < -0.3 is 10.2 Å². The van der Waals surface area contributed by atoms with Crippen LogP contribution in [0.5, 0.6) is 0 Å². The van der Waals surface area contributed by atoms with E-state index in [0.29, 0.717) is 0 Å². The van der Waals surface area contributed by atoms with Crippen molar-refractivity contribution >= 4 is 48.9 Å². The van der Waals surface area contributed by atoms with E-state index in [4.69, 9.17) is 0 Å². The number of benzene rings is 1. The first kappa shape index (κ1) is 15.0. The Kier molecular flexibility index (Phi) is 5.45. The van der Waals surface area contributed by atoms with Crippen LogP contribution >= 0.6 is 43.2 Å². The van der Waals surface area contributed by atoms with Gasteiger partial charge >= 0.3 is 0 Å². The lowest BCUT2D eigenvalue weighted by atomic mass is 10.1. The molecule has 0 unspecified atom stereocenters. The molecule has 0 saturated heterocycles. The quantitative estimate of drug-likeness (QED) is 0.782. The van der Waals surface area contributed by atoms with Crippen molar-refractivity contribution in [2.45, 2.75) is 13.1 Å². The van der Waals surface area contributed by atoms with E-state index >= 15 is 0 Å². The summed E-state index contributed by atoms with van der Waals surface area (Å²) in [5, 5.41) is 5.41. The lowest BCUT2D eigenvalue weighted by Crippen LogP contribution is -2.19. The number of nitrogens with one attached hydrogen (secondary N) is 1. The Morgan fingerprint density at radius 2 is 2.05 bits per heavy atom. The zero-order chi connectivity index (χ0) is 13.8. The van der Waals surface area contributed by atoms with Gasteiger partial charge in [-0.3, -0.25) is 0 Å². The number of rotatable bonds is 5. The summed E-state index contributed by atoms with van der Waals surface area (Å²) in [5.74, 6) is 0. The molecule has 5 heteroatoms. The zero-order valence-corrected chi connectivity index (χ0v) is 14.9. The first-order chi connectivity index (χ1) is 9.10. The van der Waals surface area contributed by atoms with Crippen LogP contribution in [-0.2, 0) is 13.1 Å². The highest BCUT2D eigenvalue weighted by atomic mass is 79.9. The summed E-state index contributed by atoms with van der Waals surface area (Å²) in [6.45, 7) is 1.78. The third kappa shape index (κ3) is 4.05. The average molecular weight is 404 g/mol. The third-order valence-electron chi connectivity index (χ3n) is 2.86. The molecular weight excluding hydrogens is 388 g/mol. The number of halogens is 2. The second-order valence-corrected chi connectivity index (χ2v) is 7.62. The molecule has 0 spiro atoms. The maximum Gasteiger partial charge on any atom is 0.0701 e. The van der Waals surface area contributed by atoms with Gasteiger partial charge in [0.25, 0.3) is 0 Å². The summed E-state index contributed by atoms with van der Waals surface area (Å²) in [7, 11) is 4.11. The van der Waals surface area contributed by atoms with E-state index in [0.717, 1.165) is 17.6 Å². The monoisotopic (exact) mass is 402 g/mol. The molecule has 0 atom stereocenters. The second kappa shape index (κ2) is 6.88. The van der Waals surface area contributed by atoms with E-state index in [1.807, 2.05) is 7.05 Å². The molecule has 0 saturated carbocycles. The molecule has 0 bridgehead atoms. The fourth-order valence-corrected chi connectivity index (χ4v) is 3.66. The topological polar surface area (TPSA) is 15.3 Å². The molecule has 19 heavy (non-hydrogen) atoms. The molecule has 2 nitrogen and oxygen atoms in total. The molecule has 0 aliphatic heterocycles. The summed E-state index contributed by atoms with van der Waals surface area (Å²) in [5.41, 5.74) is 3.89. The van der Waals surface area contributed by atoms with Crippen LogP contribution in [-0.4, -0.2) is 14.1 Å². The van der Waals surface area contributed by atoms with Gasteiger partial charge in [0.05, 0.1) is 3.79 Å². The summed E-state index contributed by atoms with van der Waals surface area (Å²) in [6, 6.07) is 8.61. The molecule has 1 heterocycles. The van der Waals surface area contributed by atoms with Crippen molar-refractivity contribution in [3.63, 3.8) is 0 Å². The smallest absolute Gasteiger partial charge is 0.0701 e. The largest absolute Gasteiger partial charge is 0.370 e. The molecule has 2 rings (SSSR count). The molecule has 0 amide bonds. The van der Waals surface area contributed by atoms with Gasteiger partial charge in [-0.15, -0.1) is 11.3 Å². The molecule has 1 aromatic carbocycles. The van der Waals surface area contributed by atoms with Crippen LogP contribution in [0, 0.1) is 0 Å². The minimum atomic E-state index is 0.868. The Labute approximate surface area is 135 Å². The van der Waals surface area contributed by atoms with E-state index in [2.05, 4.69) is 78.8 Å². The van der Waals surface area contributed by atoms with E-state index in [1.54, 1.807) is 11.3 Å². The Morgan fingerprint density at radius 1 is 1.26 bits per heavy atom. The standard InChI is InChI=1S/C14H16Br2N2S/c1-17-7-11-6-12(15)3-4-13(11)18(2)8-10-5-14(16)19-9-10/h3-6,9,17H,7-8H2,1-2H3. The van der Waals surface area contributed by atoms with Crippen LogP contribution in [0.2, 0.25) is 0 Å². The highest BCUT2D eigenvalue weighted by Crippen LogP contribution is 2.27. The Bertz CT molecular complexity index is 554. The SMILES string of the molecule is CNCc1cc(Br)ccc1N(C)Cc1csc(Br)c1. The lowest BCUT2D eigenvalue weighted by molar-refractivity contribution is 0.805. The van der Waals surface area contributed by atoms with Crippen LogP contribution in [0.1, 0.15) is 11.1 Å². The zero-order valence-electron chi connectivity index (χ0n) is 10.9. The van der Waals surface area contributed by atoms with Crippen molar-refractivity contribution in [2.24, 2.45) is 0 Å². The van der Waals surface area contributed by atoms with E-state index < -0.39 is 0 Å². The molecular formula is C14H16Br2N2S. The number of hydrogen-bond donors (Lipinski definition) is 1. The Hall–Kier alpha value is -0.360. The highest BCUT2D eigenvalue weighted by molar-refractivity contribution is 9.11. The summed E-state index contributed by atoms with van der Waals surface area (Å²) >= 11 is 8.77. The number of nitrogens with zero attached hydrogens (tertiary/aromatic N) is 1. The van der Waals surface area contributed by atoms with Gasteiger partial charge in [-0.2, -0.15) is 0 Å². The van der Waals surface area contributed by atoms with Gasteiger partial charge in [0.15, 0.2) is 0 Å². The summed E-state index contributed by atoms with van der Waals surface area (Å²) in [6.07, 6.45) is 0. The van der Waals surface area contributed by atoms with Crippen molar-refractivity contribution in [2.75, 3.05) is 19.0 Å². The molecule has 102 valence electrons. The number of hydrogen-bond acceptors (Lipinski definition) is 3. The first-order valence-corrected chi connectivity index (χ1v) is 8.44. The van der Waals surface area contributed by atoms with E-state index in [1.165, 1.54) is 20.6 Å². The van der Waals surface area contributed by atoms with Crippen molar-refractivity contribution in [1.82, 2.24) is 5.32 Å². The van der Waals surface area contributed by atoms with Crippen LogP contribution in [0.25, 0.3) is 0 Å². The van der Waals surface area contributed by atoms with Crippen molar-refractivity contribution in [1.29, 1.82) is 0 Å². The fraction of sp³-hybridized carbons (Fsp3) is 0.286. The lowest BCUT2D eigenvalue weighted by Gasteiger charge is -2.22. The predicted octanol–water partition coefficient (Wildman–Crippen LogP) is 4.63. The maximum atomic E-state index is 3.53. The predicted molar refractivity (Wildman–Crippen MR) is 91.0 cm³/mol. The van der Waals surface area contributed by atoms with E-state index in [-0.39, 0.29) is 0 Å². The minimum absolute atomic E-state index is 0.868. The highest BCUT2D eigenvalue weighted by Gasteiger charge is 2.09. The summed E-state index contributed by atoms with van der Waals surface area (Å²) in [4.78, 5) is 2.29. The first-order valence-electron chi connectivity index (χ1n) is 5.97. The second-order valence-electron chi connectivity index (χ2n) is 4.42. The summed E-state index contributed by atoms with van der Waals surface area (Å²) < 4.78 is 2.30. The van der Waals surface area contributed by atoms with Crippen LogP contribution in [0.4, 0.5) is 5.69 Å². The third-order valence-corrected chi connectivity index (χ3v) is 4.91. The molecule has 0 fully saturated rings. The molecule has 0 aliphatic carbocycles. The minimum Gasteiger partial charge on any atom is -0.370 e. The fourth-order valence-electron chi connectivity index (χ4n) is 2.05. The molecule has 1 N–H and O–H groups in total. The molecule has 0 aliphatic rings. The van der Waals surface area contributed by atoms with Crippen molar-refractivity contribution in [3.8, 4) is 0 Å². The Morgan fingerprint density at radius 3 is 2.68 bits per heavy atom. The normalized spacial score (nSPS) is 10.7. The molecule has 1 aromatic heterocycles. The van der Waals surface area contributed by atoms with Crippen LogP contribution in [0.15, 0.2) is 37.9 Å². The molecule has 2 aromatic rings. The van der Waals surface area contributed by atoms with Crippen LogP contribution in [0.3, 0.4) is 0 Å². The van der Waals surface area contributed by atoms with Gasteiger partial charge in [0, 0.05) is 30.3 Å². The average Bonchev–Trinajstić information content (AvgIpc) is 2.75. The Balaban J connectivity index is 2.20. The van der Waals surface area contributed by atoms with Gasteiger partial charge in [0.2, 0.25) is 0 Å².